The van der Waals surface area contributed by atoms with Crippen molar-refractivity contribution in [3.05, 3.63) is 83.4 Å². The number of ether oxygens (including phenoxy) is 1. The standard InChI is InChI=1S/C29H32ClN3O3/c1-20(31-27-9-4-5-10-28(27)36-26-13-11-24(30)12-14-26)23-7-6-8-25(19-23)32(3)29(35)22-15-17-33(18-16-22)21(2)34/h4-14,19-20,22,31H,15-18H2,1-3H3. The van der Waals surface area contributed by atoms with Crippen molar-refractivity contribution < 1.29 is 14.3 Å². The van der Waals surface area contributed by atoms with Gasteiger partial charge < -0.3 is 19.9 Å². The lowest BCUT2D eigenvalue weighted by molar-refractivity contribution is -0.133. The predicted molar refractivity (Wildman–Crippen MR) is 145 cm³/mol. The lowest BCUT2D eigenvalue weighted by Crippen LogP contribution is -2.42. The zero-order valence-corrected chi connectivity index (χ0v) is 21.7. The number of nitrogens with zero attached hydrogens (tertiary/aromatic N) is 2. The molecule has 1 atom stereocenters. The maximum Gasteiger partial charge on any atom is 0.229 e. The number of likely N-dealkylation sites (tertiary alicyclic amines) is 1. The molecule has 7 heteroatoms. The first-order chi connectivity index (χ1) is 17.3. The van der Waals surface area contributed by atoms with Crippen molar-refractivity contribution in [1.29, 1.82) is 0 Å². The first kappa shape index (κ1) is 25.6. The van der Waals surface area contributed by atoms with Gasteiger partial charge in [-0.25, -0.2) is 0 Å². The van der Waals surface area contributed by atoms with Crippen LogP contribution in [0.1, 0.15) is 38.3 Å². The number of halogens is 1. The number of rotatable bonds is 7. The minimum Gasteiger partial charge on any atom is -0.455 e. The molecule has 36 heavy (non-hydrogen) atoms. The van der Waals surface area contributed by atoms with E-state index in [2.05, 4.69) is 12.2 Å². The normalized spacial score (nSPS) is 14.7. The van der Waals surface area contributed by atoms with Gasteiger partial charge in [0.2, 0.25) is 11.8 Å². The molecule has 4 rings (SSSR count). The number of benzene rings is 3. The zero-order chi connectivity index (χ0) is 25.7. The fourth-order valence-corrected chi connectivity index (χ4v) is 4.59. The van der Waals surface area contributed by atoms with E-state index < -0.39 is 0 Å². The van der Waals surface area contributed by atoms with Crippen LogP contribution in [0, 0.1) is 5.92 Å². The predicted octanol–water partition coefficient (Wildman–Crippen LogP) is 6.53. The summed E-state index contributed by atoms with van der Waals surface area (Å²) >= 11 is 5.99. The number of para-hydroxylation sites is 2. The summed E-state index contributed by atoms with van der Waals surface area (Å²) in [4.78, 5) is 28.3. The van der Waals surface area contributed by atoms with Gasteiger partial charge in [-0.05, 0) is 73.9 Å². The molecule has 2 amide bonds. The molecule has 0 saturated carbocycles. The maximum absolute atomic E-state index is 13.2. The highest BCUT2D eigenvalue weighted by atomic mass is 35.5. The Kier molecular flexibility index (Phi) is 8.16. The number of hydrogen-bond acceptors (Lipinski definition) is 4. The smallest absolute Gasteiger partial charge is 0.229 e. The van der Waals surface area contributed by atoms with Gasteiger partial charge >= 0.3 is 0 Å². The molecule has 1 N–H and O–H groups in total. The summed E-state index contributed by atoms with van der Waals surface area (Å²) < 4.78 is 6.09. The summed E-state index contributed by atoms with van der Waals surface area (Å²) in [6, 6.07) is 23.1. The molecule has 0 aromatic heterocycles. The van der Waals surface area contributed by atoms with E-state index >= 15 is 0 Å². The van der Waals surface area contributed by atoms with Crippen LogP contribution in [0.2, 0.25) is 5.02 Å². The molecule has 0 aliphatic carbocycles. The summed E-state index contributed by atoms with van der Waals surface area (Å²) in [5, 5.41) is 4.20. The molecule has 1 heterocycles. The van der Waals surface area contributed by atoms with Gasteiger partial charge in [-0.1, -0.05) is 35.9 Å². The Hall–Kier alpha value is -3.51. The molecular formula is C29H32ClN3O3. The van der Waals surface area contributed by atoms with Crippen LogP contribution in [-0.4, -0.2) is 36.9 Å². The minimum absolute atomic E-state index is 0.0257. The van der Waals surface area contributed by atoms with Crippen molar-refractivity contribution in [2.24, 2.45) is 5.92 Å². The van der Waals surface area contributed by atoms with E-state index in [1.54, 1.807) is 24.0 Å². The van der Waals surface area contributed by atoms with E-state index in [-0.39, 0.29) is 23.8 Å². The van der Waals surface area contributed by atoms with E-state index in [0.717, 1.165) is 16.9 Å². The van der Waals surface area contributed by atoms with Gasteiger partial charge in [-0.2, -0.15) is 0 Å². The largest absolute Gasteiger partial charge is 0.455 e. The van der Waals surface area contributed by atoms with Crippen molar-refractivity contribution in [2.45, 2.75) is 32.7 Å². The van der Waals surface area contributed by atoms with Crippen LogP contribution in [0.3, 0.4) is 0 Å². The topological polar surface area (TPSA) is 61.9 Å². The zero-order valence-electron chi connectivity index (χ0n) is 20.9. The average molecular weight is 506 g/mol. The van der Waals surface area contributed by atoms with Gasteiger partial charge in [0.1, 0.15) is 5.75 Å². The second-order valence-electron chi connectivity index (χ2n) is 9.19. The third-order valence-electron chi connectivity index (χ3n) is 6.68. The first-order valence-electron chi connectivity index (χ1n) is 12.2. The fourth-order valence-electron chi connectivity index (χ4n) is 4.47. The third-order valence-corrected chi connectivity index (χ3v) is 6.93. The van der Waals surface area contributed by atoms with Crippen LogP contribution in [0.5, 0.6) is 11.5 Å². The molecule has 1 aliphatic rings. The summed E-state index contributed by atoms with van der Waals surface area (Å²) in [5.74, 6) is 1.52. The Morgan fingerprint density at radius 2 is 1.72 bits per heavy atom. The Balaban J connectivity index is 1.44. The fraction of sp³-hybridized carbons (Fsp3) is 0.310. The molecule has 1 saturated heterocycles. The lowest BCUT2D eigenvalue weighted by Gasteiger charge is -2.32. The number of piperidine rings is 1. The van der Waals surface area contributed by atoms with Gasteiger partial charge in [-0.3, -0.25) is 9.59 Å². The van der Waals surface area contributed by atoms with E-state index in [1.807, 2.05) is 72.6 Å². The highest BCUT2D eigenvalue weighted by Crippen LogP contribution is 2.33. The summed E-state index contributed by atoms with van der Waals surface area (Å²) in [5.41, 5.74) is 2.78. The first-order valence-corrected chi connectivity index (χ1v) is 12.6. The number of amides is 2. The Bertz CT molecular complexity index is 1210. The number of anilines is 2. The van der Waals surface area contributed by atoms with Crippen LogP contribution in [-0.2, 0) is 9.59 Å². The Labute approximate surface area is 217 Å². The average Bonchev–Trinajstić information content (AvgIpc) is 2.90. The molecule has 1 fully saturated rings. The molecule has 1 aliphatic heterocycles. The number of hydrogen-bond donors (Lipinski definition) is 1. The van der Waals surface area contributed by atoms with Crippen molar-refractivity contribution in [1.82, 2.24) is 4.90 Å². The van der Waals surface area contributed by atoms with Crippen molar-refractivity contribution >= 4 is 34.8 Å². The van der Waals surface area contributed by atoms with Gasteiger partial charge in [-0.15, -0.1) is 0 Å². The summed E-state index contributed by atoms with van der Waals surface area (Å²) in [6.45, 7) is 4.94. The van der Waals surface area contributed by atoms with Gasteiger partial charge in [0.15, 0.2) is 5.75 Å². The Morgan fingerprint density at radius 3 is 2.42 bits per heavy atom. The second kappa shape index (κ2) is 11.5. The van der Waals surface area contributed by atoms with Gasteiger partial charge in [0.05, 0.1) is 5.69 Å². The van der Waals surface area contributed by atoms with E-state index in [0.29, 0.717) is 42.5 Å². The van der Waals surface area contributed by atoms with Crippen LogP contribution in [0.25, 0.3) is 0 Å². The molecule has 0 spiro atoms. The second-order valence-corrected chi connectivity index (χ2v) is 9.63. The van der Waals surface area contributed by atoms with Crippen molar-refractivity contribution in [2.75, 3.05) is 30.4 Å². The highest BCUT2D eigenvalue weighted by Gasteiger charge is 2.28. The molecule has 6 nitrogen and oxygen atoms in total. The van der Waals surface area contributed by atoms with E-state index in [1.165, 1.54) is 0 Å². The SMILES string of the molecule is CC(=O)N1CCC(C(=O)N(C)c2cccc(C(C)Nc3ccccc3Oc3ccc(Cl)cc3)c2)CC1. The molecule has 0 bridgehead atoms. The van der Waals surface area contributed by atoms with E-state index in [4.69, 9.17) is 16.3 Å². The van der Waals surface area contributed by atoms with Gasteiger partial charge in [0.25, 0.3) is 0 Å². The molecule has 188 valence electrons. The Morgan fingerprint density at radius 1 is 1.03 bits per heavy atom. The summed E-state index contributed by atoms with van der Waals surface area (Å²) in [7, 11) is 1.83. The highest BCUT2D eigenvalue weighted by molar-refractivity contribution is 6.30. The van der Waals surface area contributed by atoms with Crippen LogP contribution in [0.4, 0.5) is 11.4 Å². The molecule has 3 aromatic rings. The molecule has 0 radical (unpaired) electrons. The van der Waals surface area contributed by atoms with Crippen LogP contribution < -0.4 is 15.0 Å². The molecular weight excluding hydrogens is 474 g/mol. The third kappa shape index (κ3) is 6.18. The molecule has 3 aromatic carbocycles. The number of carbonyl (C=O) groups excluding carboxylic acids is 2. The van der Waals surface area contributed by atoms with Crippen LogP contribution in [0.15, 0.2) is 72.8 Å². The van der Waals surface area contributed by atoms with E-state index in [9.17, 15) is 9.59 Å². The number of nitrogens with one attached hydrogen (secondary N) is 1. The maximum atomic E-state index is 13.2. The van der Waals surface area contributed by atoms with Gasteiger partial charge in [0, 0.05) is 49.7 Å². The number of carbonyl (C=O) groups is 2. The van der Waals surface area contributed by atoms with Crippen LogP contribution >= 0.6 is 11.6 Å². The molecule has 1 unspecified atom stereocenters. The van der Waals surface area contributed by atoms with Crippen molar-refractivity contribution in [3.63, 3.8) is 0 Å². The monoisotopic (exact) mass is 505 g/mol. The quantitative estimate of drug-likeness (QED) is 0.396. The van der Waals surface area contributed by atoms with Crippen molar-refractivity contribution in [3.8, 4) is 11.5 Å². The lowest BCUT2D eigenvalue weighted by atomic mass is 9.95. The minimum atomic E-state index is -0.0679. The summed E-state index contributed by atoms with van der Waals surface area (Å²) in [6.07, 6.45) is 1.40.